The maximum absolute atomic E-state index is 13.0. The van der Waals surface area contributed by atoms with E-state index in [0.717, 1.165) is 16.5 Å². The van der Waals surface area contributed by atoms with Crippen molar-refractivity contribution in [2.45, 2.75) is 11.8 Å². The first-order valence-corrected chi connectivity index (χ1v) is 8.29. The largest absolute Gasteiger partial charge is 0.478 e. The summed E-state index contributed by atoms with van der Waals surface area (Å²) in [4.78, 5) is 26.6. The van der Waals surface area contributed by atoms with Gasteiger partial charge in [-0.3, -0.25) is 9.69 Å². The van der Waals surface area contributed by atoms with Gasteiger partial charge in [-0.15, -0.1) is 11.8 Å². The number of aliphatic carboxylic acids is 1. The number of hydrogen-bond donors (Lipinski definition) is 1. The highest BCUT2D eigenvalue weighted by Crippen LogP contribution is 2.41. The Labute approximate surface area is 138 Å². The highest BCUT2D eigenvalue weighted by molar-refractivity contribution is 7.98. The molecule has 2 aromatic rings. The lowest BCUT2D eigenvalue weighted by molar-refractivity contribution is -0.131. The SMILES string of the molecule is CSc1ccccc1N1C(=O)c2c(C)cccc2C1=CC(=O)O. The first-order chi connectivity index (χ1) is 11.0. The molecule has 4 nitrogen and oxygen atoms in total. The van der Waals surface area contributed by atoms with E-state index in [2.05, 4.69) is 0 Å². The van der Waals surface area contributed by atoms with E-state index in [-0.39, 0.29) is 5.91 Å². The molecular formula is C18H15NO3S. The van der Waals surface area contributed by atoms with Crippen LogP contribution in [0, 0.1) is 6.92 Å². The normalized spacial score (nSPS) is 15.1. The van der Waals surface area contributed by atoms with Gasteiger partial charge in [0.25, 0.3) is 5.91 Å². The Kier molecular flexibility index (Phi) is 3.96. The molecule has 0 radical (unpaired) electrons. The van der Waals surface area contributed by atoms with Crippen LogP contribution < -0.4 is 4.90 Å². The molecule has 1 N–H and O–H groups in total. The lowest BCUT2D eigenvalue weighted by atomic mass is 10.0. The molecule has 0 aliphatic carbocycles. The molecule has 3 rings (SSSR count). The molecule has 0 saturated carbocycles. The van der Waals surface area contributed by atoms with E-state index in [1.54, 1.807) is 6.07 Å². The summed E-state index contributed by atoms with van der Waals surface area (Å²) in [6, 6.07) is 13.0. The van der Waals surface area contributed by atoms with Crippen molar-refractivity contribution in [2.75, 3.05) is 11.2 Å². The van der Waals surface area contributed by atoms with Gasteiger partial charge in [0.15, 0.2) is 0 Å². The van der Waals surface area contributed by atoms with Crippen molar-refractivity contribution in [3.63, 3.8) is 0 Å². The monoisotopic (exact) mass is 325 g/mol. The van der Waals surface area contributed by atoms with Crippen molar-refractivity contribution in [3.05, 3.63) is 65.2 Å². The van der Waals surface area contributed by atoms with Gasteiger partial charge in [-0.1, -0.05) is 30.3 Å². The number of amides is 1. The number of para-hydroxylation sites is 1. The van der Waals surface area contributed by atoms with E-state index in [0.29, 0.717) is 22.5 Å². The first-order valence-electron chi connectivity index (χ1n) is 7.06. The predicted octanol–water partition coefficient (Wildman–Crippen LogP) is 3.80. The number of fused-ring (bicyclic) bond motifs is 1. The zero-order valence-electron chi connectivity index (χ0n) is 12.7. The summed E-state index contributed by atoms with van der Waals surface area (Å²) >= 11 is 1.52. The number of hydrogen-bond acceptors (Lipinski definition) is 3. The van der Waals surface area contributed by atoms with E-state index in [9.17, 15) is 14.7 Å². The van der Waals surface area contributed by atoms with Crippen LogP contribution in [-0.2, 0) is 4.79 Å². The Morgan fingerprint density at radius 2 is 1.91 bits per heavy atom. The number of rotatable bonds is 3. The summed E-state index contributed by atoms with van der Waals surface area (Å²) in [6.45, 7) is 1.86. The molecule has 5 heteroatoms. The van der Waals surface area contributed by atoms with E-state index in [1.165, 1.54) is 16.7 Å². The van der Waals surface area contributed by atoms with Crippen molar-refractivity contribution < 1.29 is 14.7 Å². The molecule has 0 bridgehead atoms. The number of carboxylic acids is 1. The number of aryl methyl sites for hydroxylation is 1. The minimum atomic E-state index is -1.08. The maximum Gasteiger partial charge on any atom is 0.330 e. The molecule has 0 aromatic heterocycles. The molecule has 2 aromatic carbocycles. The van der Waals surface area contributed by atoms with Crippen LogP contribution in [0.3, 0.4) is 0 Å². The summed E-state index contributed by atoms with van der Waals surface area (Å²) in [7, 11) is 0. The number of carbonyl (C=O) groups is 2. The number of carboxylic acid groups (broad SMARTS) is 1. The molecule has 116 valence electrons. The van der Waals surface area contributed by atoms with Gasteiger partial charge in [-0.2, -0.15) is 0 Å². The van der Waals surface area contributed by atoms with Gasteiger partial charge in [0, 0.05) is 16.5 Å². The Morgan fingerprint density at radius 1 is 1.17 bits per heavy atom. The van der Waals surface area contributed by atoms with Crippen LogP contribution in [0.2, 0.25) is 0 Å². The second-order valence-electron chi connectivity index (χ2n) is 5.18. The highest BCUT2D eigenvalue weighted by Gasteiger charge is 2.35. The molecular weight excluding hydrogens is 310 g/mol. The fourth-order valence-corrected chi connectivity index (χ4v) is 3.40. The van der Waals surface area contributed by atoms with Crippen molar-refractivity contribution in [1.29, 1.82) is 0 Å². The molecule has 1 aliphatic heterocycles. The van der Waals surface area contributed by atoms with Crippen LogP contribution in [-0.4, -0.2) is 23.2 Å². The summed E-state index contributed by atoms with van der Waals surface area (Å²) in [6.07, 6.45) is 3.03. The van der Waals surface area contributed by atoms with Gasteiger partial charge in [0.05, 0.1) is 16.9 Å². The molecule has 1 aliphatic rings. The van der Waals surface area contributed by atoms with Crippen molar-refractivity contribution >= 4 is 35.0 Å². The van der Waals surface area contributed by atoms with Gasteiger partial charge in [-0.05, 0) is 30.9 Å². The summed E-state index contributed by atoms with van der Waals surface area (Å²) in [5.41, 5.74) is 3.17. The molecule has 0 atom stereocenters. The third-order valence-corrected chi connectivity index (χ3v) is 4.58. The lowest BCUT2D eigenvalue weighted by Crippen LogP contribution is -2.23. The van der Waals surface area contributed by atoms with Crippen LogP contribution >= 0.6 is 11.8 Å². The van der Waals surface area contributed by atoms with Crippen LogP contribution in [0.25, 0.3) is 5.70 Å². The number of nitrogens with zero attached hydrogens (tertiary/aromatic N) is 1. The van der Waals surface area contributed by atoms with Gasteiger partial charge >= 0.3 is 5.97 Å². The second-order valence-corrected chi connectivity index (χ2v) is 6.03. The van der Waals surface area contributed by atoms with Crippen molar-refractivity contribution in [2.24, 2.45) is 0 Å². The van der Waals surface area contributed by atoms with Gasteiger partial charge in [-0.25, -0.2) is 4.79 Å². The van der Waals surface area contributed by atoms with Crippen molar-refractivity contribution in [3.8, 4) is 0 Å². The van der Waals surface area contributed by atoms with Crippen LogP contribution in [0.4, 0.5) is 5.69 Å². The van der Waals surface area contributed by atoms with Crippen LogP contribution in [0.15, 0.2) is 53.4 Å². The smallest absolute Gasteiger partial charge is 0.330 e. The lowest BCUT2D eigenvalue weighted by Gasteiger charge is -2.20. The van der Waals surface area contributed by atoms with Gasteiger partial charge in [0.1, 0.15) is 0 Å². The fourth-order valence-electron chi connectivity index (χ4n) is 2.82. The average molecular weight is 325 g/mol. The number of anilines is 1. The standard InChI is InChI=1S/C18H15NO3S/c1-11-6-5-7-12-14(10-16(20)21)19(18(22)17(11)12)13-8-3-4-9-15(13)23-2/h3-10H,1-2H3,(H,20,21). The fraction of sp³-hybridized carbons (Fsp3) is 0.111. The molecule has 23 heavy (non-hydrogen) atoms. The van der Waals surface area contributed by atoms with E-state index >= 15 is 0 Å². The predicted molar refractivity (Wildman–Crippen MR) is 91.8 cm³/mol. The van der Waals surface area contributed by atoms with Crippen LogP contribution in [0.1, 0.15) is 21.5 Å². The Hall–Kier alpha value is -2.53. The Morgan fingerprint density at radius 3 is 2.61 bits per heavy atom. The quantitative estimate of drug-likeness (QED) is 0.689. The van der Waals surface area contributed by atoms with Gasteiger partial charge < -0.3 is 5.11 Å². The Balaban J connectivity index is 2.27. The summed E-state index contributed by atoms with van der Waals surface area (Å²) in [5.74, 6) is -1.26. The number of thioether (sulfide) groups is 1. The van der Waals surface area contributed by atoms with Crippen LogP contribution in [0.5, 0.6) is 0 Å². The topological polar surface area (TPSA) is 57.6 Å². The average Bonchev–Trinajstić information content (AvgIpc) is 2.80. The minimum Gasteiger partial charge on any atom is -0.478 e. The number of carbonyl (C=O) groups excluding carboxylic acids is 1. The maximum atomic E-state index is 13.0. The molecule has 1 heterocycles. The van der Waals surface area contributed by atoms with Gasteiger partial charge in [0.2, 0.25) is 0 Å². The molecule has 0 saturated heterocycles. The first kappa shape index (κ1) is 15.4. The number of benzene rings is 2. The molecule has 1 amide bonds. The minimum absolute atomic E-state index is 0.188. The van der Waals surface area contributed by atoms with E-state index in [4.69, 9.17) is 0 Å². The Bertz CT molecular complexity index is 842. The second kappa shape index (κ2) is 5.93. The summed E-state index contributed by atoms with van der Waals surface area (Å²) in [5, 5.41) is 9.23. The van der Waals surface area contributed by atoms with Crippen molar-refractivity contribution in [1.82, 2.24) is 0 Å². The van der Waals surface area contributed by atoms with E-state index in [1.807, 2.05) is 49.6 Å². The zero-order valence-corrected chi connectivity index (χ0v) is 13.6. The molecule has 0 unspecified atom stereocenters. The molecule has 0 spiro atoms. The third kappa shape index (κ3) is 2.53. The summed E-state index contributed by atoms with van der Waals surface area (Å²) < 4.78 is 0. The third-order valence-electron chi connectivity index (χ3n) is 3.79. The highest BCUT2D eigenvalue weighted by atomic mass is 32.2. The molecule has 0 fully saturated rings. The van der Waals surface area contributed by atoms with E-state index < -0.39 is 5.97 Å². The zero-order chi connectivity index (χ0) is 16.6.